The van der Waals surface area contributed by atoms with Crippen LogP contribution in [-0.4, -0.2) is 38.7 Å². The van der Waals surface area contributed by atoms with Gasteiger partial charge in [0.05, 0.1) is 15.6 Å². The van der Waals surface area contributed by atoms with Gasteiger partial charge in [0.15, 0.2) is 9.84 Å². The molecule has 1 heterocycles. The molecule has 1 amide bonds. The quantitative estimate of drug-likeness (QED) is 0.758. The molecule has 0 aliphatic carbocycles. The van der Waals surface area contributed by atoms with Crippen LogP contribution in [0.1, 0.15) is 20.3 Å². The fraction of sp³-hybridized carbons (Fsp3) is 0.533. The fourth-order valence-electron chi connectivity index (χ4n) is 2.35. The summed E-state index contributed by atoms with van der Waals surface area (Å²) in [6, 6.07) is 6.55. The molecule has 1 aromatic rings. The van der Waals surface area contributed by atoms with Crippen molar-refractivity contribution in [3.63, 3.8) is 0 Å². The van der Waals surface area contributed by atoms with Crippen molar-refractivity contribution in [2.75, 3.05) is 19.6 Å². The van der Waals surface area contributed by atoms with Crippen molar-refractivity contribution in [1.82, 2.24) is 10.6 Å². The number of hydrogen-bond acceptors (Lipinski definition) is 4. The minimum absolute atomic E-state index is 0. The van der Waals surface area contributed by atoms with E-state index in [0.717, 1.165) is 17.4 Å². The predicted molar refractivity (Wildman–Crippen MR) is 96.6 cm³/mol. The van der Waals surface area contributed by atoms with Crippen LogP contribution in [0.2, 0.25) is 0 Å². The van der Waals surface area contributed by atoms with Gasteiger partial charge in [0, 0.05) is 17.6 Å². The molecule has 2 N–H and O–H groups in total. The van der Waals surface area contributed by atoms with Crippen molar-refractivity contribution in [2.45, 2.75) is 29.9 Å². The molecule has 1 aliphatic heterocycles. The lowest BCUT2D eigenvalue weighted by molar-refractivity contribution is -0.124. The number of sulfone groups is 1. The van der Waals surface area contributed by atoms with Crippen molar-refractivity contribution >= 4 is 44.1 Å². The average molecular weight is 426 g/mol. The van der Waals surface area contributed by atoms with Gasteiger partial charge in [0.1, 0.15) is 0 Å². The first-order chi connectivity index (χ1) is 10.2. The number of carbonyl (C=O) groups excluding carboxylic acids is 1. The van der Waals surface area contributed by atoms with Crippen LogP contribution in [0.25, 0.3) is 0 Å². The Hall–Kier alpha value is -0.630. The molecule has 1 aromatic carbocycles. The summed E-state index contributed by atoms with van der Waals surface area (Å²) < 4.78 is 25.2. The minimum atomic E-state index is -3.53. The molecular formula is C15H22BrClN2O3S. The van der Waals surface area contributed by atoms with Crippen LogP contribution in [0, 0.1) is 5.92 Å². The highest BCUT2D eigenvalue weighted by molar-refractivity contribution is 9.10. The fourth-order valence-corrected chi connectivity index (χ4v) is 4.01. The third-order valence-electron chi connectivity index (χ3n) is 3.97. The van der Waals surface area contributed by atoms with E-state index in [-0.39, 0.29) is 35.7 Å². The number of nitrogens with one attached hydrogen (secondary N) is 2. The van der Waals surface area contributed by atoms with E-state index in [1.807, 2.05) is 0 Å². The zero-order valence-electron chi connectivity index (χ0n) is 13.1. The molecule has 8 heteroatoms. The Morgan fingerprint density at radius 3 is 2.48 bits per heavy atom. The van der Waals surface area contributed by atoms with Crippen molar-refractivity contribution < 1.29 is 13.2 Å². The topological polar surface area (TPSA) is 75.3 Å². The maximum atomic E-state index is 12.7. The van der Waals surface area contributed by atoms with E-state index in [1.165, 1.54) is 0 Å². The van der Waals surface area contributed by atoms with Crippen LogP contribution < -0.4 is 10.6 Å². The molecular weight excluding hydrogens is 404 g/mol. The number of amides is 1. The maximum absolute atomic E-state index is 12.7. The highest BCUT2D eigenvalue weighted by Crippen LogP contribution is 2.26. The monoisotopic (exact) mass is 424 g/mol. The second-order valence-corrected chi connectivity index (χ2v) is 9.62. The number of benzene rings is 1. The van der Waals surface area contributed by atoms with Gasteiger partial charge in [-0.3, -0.25) is 4.79 Å². The van der Waals surface area contributed by atoms with E-state index in [1.54, 1.807) is 38.1 Å². The molecule has 1 saturated heterocycles. The Morgan fingerprint density at radius 1 is 1.35 bits per heavy atom. The van der Waals surface area contributed by atoms with E-state index < -0.39 is 14.6 Å². The van der Waals surface area contributed by atoms with Gasteiger partial charge < -0.3 is 10.6 Å². The van der Waals surface area contributed by atoms with E-state index in [4.69, 9.17) is 0 Å². The van der Waals surface area contributed by atoms with Crippen molar-refractivity contribution in [3.8, 4) is 0 Å². The largest absolute Gasteiger partial charge is 0.354 e. The SMILES string of the molecule is CC(C)(CNC(=O)C1CCNC1)S(=O)(=O)c1ccc(Br)cc1.Cl. The first kappa shape index (κ1) is 20.4. The summed E-state index contributed by atoms with van der Waals surface area (Å²) in [6.45, 7) is 4.86. The lowest BCUT2D eigenvalue weighted by Crippen LogP contribution is -2.46. The third-order valence-corrected chi connectivity index (χ3v) is 6.99. The average Bonchev–Trinajstić information content (AvgIpc) is 2.99. The minimum Gasteiger partial charge on any atom is -0.354 e. The number of rotatable bonds is 5. The van der Waals surface area contributed by atoms with Gasteiger partial charge in [-0.05, 0) is 51.1 Å². The molecule has 0 radical (unpaired) electrons. The summed E-state index contributed by atoms with van der Waals surface area (Å²) in [6.07, 6.45) is 0.797. The molecule has 0 aromatic heterocycles. The Labute approximate surface area is 152 Å². The predicted octanol–water partition coefficient (Wildman–Crippen LogP) is 2.15. The second-order valence-electron chi connectivity index (χ2n) is 6.12. The molecule has 1 aliphatic rings. The molecule has 0 bridgehead atoms. The molecule has 5 nitrogen and oxygen atoms in total. The Morgan fingerprint density at radius 2 is 1.96 bits per heavy atom. The summed E-state index contributed by atoms with van der Waals surface area (Å²) in [7, 11) is -3.53. The Kier molecular flexibility index (Phi) is 7.07. The molecule has 1 fully saturated rings. The van der Waals surface area contributed by atoms with Gasteiger partial charge in [-0.15, -0.1) is 12.4 Å². The lowest BCUT2D eigenvalue weighted by Gasteiger charge is -2.26. The summed E-state index contributed by atoms with van der Waals surface area (Å²) in [4.78, 5) is 12.3. The van der Waals surface area contributed by atoms with E-state index in [0.29, 0.717) is 6.54 Å². The van der Waals surface area contributed by atoms with Gasteiger partial charge in [-0.25, -0.2) is 8.42 Å². The Balaban J connectivity index is 0.00000264. The highest BCUT2D eigenvalue weighted by Gasteiger charge is 2.36. The smallest absolute Gasteiger partial charge is 0.224 e. The molecule has 0 spiro atoms. The molecule has 1 atom stereocenters. The number of hydrogen-bond donors (Lipinski definition) is 2. The van der Waals surface area contributed by atoms with Crippen molar-refractivity contribution in [2.24, 2.45) is 5.92 Å². The Bertz CT molecular complexity index is 641. The molecule has 130 valence electrons. The molecule has 0 saturated carbocycles. The summed E-state index contributed by atoms with van der Waals surface area (Å²) in [5.41, 5.74) is 0. The molecule has 2 rings (SSSR count). The van der Waals surface area contributed by atoms with Crippen LogP contribution in [0.15, 0.2) is 33.6 Å². The van der Waals surface area contributed by atoms with E-state index >= 15 is 0 Å². The van der Waals surface area contributed by atoms with Crippen LogP contribution in [-0.2, 0) is 14.6 Å². The van der Waals surface area contributed by atoms with E-state index in [2.05, 4.69) is 26.6 Å². The normalized spacial score (nSPS) is 18.3. The van der Waals surface area contributed by atoms with Gasteiger partial charge in [-0.2, -0.15) is 0 Å². The zero-order valence-corrected chi connectivity index (χ0v) is 16.4. The zero-order chi connectivity index (χ0) is 16.4. The maximum Gasteiger partial charge on any atom is 0.224 e. The summed E-state index contributed by atoms with van der Waals surface area (Å²) in [5.74, 6) is -0.143. The first-order valence-corrected chi connectivity index (χ1v) is 9.50. The third kappa shape index (κ3) is 4.68. The van der Waals surface area contributed by atoms with Crippen molar-refractivity contribution in [1.29, 1.82) is 0 Å². The van der Waals surface area contributed by atoms with Gasteiger partial charge in [0.25, 0.3) is 0 Å². The van der Waals surface area contributed by atoms with E-state index in [9.17, 15) is 13.2 Å². The van der Waals surface area contributed by atoms with Gasteiger partial charge in [0.2, 0.25) is 5.91 Å². The van der Waals surface area contributed by atoms with Crippen LogP contribution in [0.4, 0.5) is 0 Å². The molecule has 1 unspecified atom stereocenters. The van der Waals surface area contributed by atoms with Crippen LogP contribution in [0.3, 0.4) is 0 Å². The number of halogens is 2. The van der Waals surface area contributed by atoms with Crippen molar-refractivity contribution in [3.05, 3.63) is 28.7 Å². The number of carbonyl (C=O) groups is 1. The summed E-state index contributed by atoms with van der Waals surface area (Å²) in [5, 5.41) is 5.91. The highest BCUT2D eigenvalue weighted by atomic mass is 79.9. The summed E-state index contributed by atoms with van der Waals surface area (Å²) >= 11 is 3.29. The lowest BCUT2D eigenvalue weighted by atomic mass is 10.1. The second kappa shape index (κ2) is 7.96. The standard InChI is InChI=1S/C15H21BrN2O3S.ClH/c1-15(2,10-18-14(19)11-7-8-17-9-11)22(20,21)13-5-3-12(16)4-6-13;/h3-6,11,17H,7-10H2,1-2H3,(H,18,19);1H. The molecule has 23 heavy (non-hydrogen) atoms. The van der Waals surface area contributed by atoms with Gasteiger partial charge >= 0.3 is 0 Å². The first-order valence-electron chi connectivity index (χ1n) is 7.23. The van der Waals surface area contributed by atoms with Crippen LogP contribution >= 0.6 is 28.3 Å². The van der Waals surface area contributed by atoms with Crippen LogP contribution in [0.5, 0.6) is 0 Å². The van der Waals surface area contributed by atoms with Gasteiger partial charge in [-0.1, -0.05) is 15.9 Å².